The molecule has 12 heavy (non-hydrogen) atoms. The zero-order chi connectivity index (χ0) is 9.40. The monoisotopic (exact) mass is 216 g/mol. The summed E-state index contributed by atoms with van der Waals surface area (Å²) >= 11 is 0. The smallest absolute Gasteiger partial charge is 0.122 e. The second-order valence-electron chi connectivity index (χ2n) is 1.48. The Morgan fingerprint density at radius 3 is 1.50 bits per heavy atom. The Hall–Kier alpha value is 0.0400. The molecule has 70 valence electrons. The topological polar surface area (TPSA) is 71.1 Å². The Labute approximate surface area is 72.0 Å². The molecule has 0 rings (SSSR count). The van der Waals surface area contributed by atoms with Gasteiger partial charge in [-0.05, 0) is 0 Å². The number of rotatable bonds is 7. The minimum Gasteiger partial charge on any atom is -0.122 e. The maximum absolute atomic E-state index is 10.5. The van der Waals surface area contributed by atoms with Gasteiger partial charge in [0.25, 0.3) is 0 Å². The third kappa shape index (κ3) is 6.73. The summed E-state index contributed by atoms with van der Waals surface area (Å²) < 4.78 is 38.7. The summed E-state index contributed by atoms with van der Waals surface area (Å²) in [5.41, 5.74) is 0. The van der Waals surface area contributed by atoms with Crippen molar-refractivity contribution in [2.24, 2.45) is 0 Å². The first-order valence-electron chi connectivity index (χ1n) is 2.99. The molecule has 0 fully saturated rings. The van der Waals surface area contributed by atoms with Crippen molar-refractivity contribution < 1.29 is 27.2 Å². The average Bonchev–Trinajstić information content (AvgIpc) is 2.11. The van der Waals surface area contributed by atoms with Gasteiger partial charge >= 0.3 is 16.5 Å². The van der Waals surface area contributed by atoms with Crippen molar-refractivity contribution in [1.82, 2.24) is 0 Å². The first-order chi connectivity index (χ1) is 5.70. The fourth-order valence-corrected chi connectivity index (χ4v) is 0.987. The molecule has 0 saturated carbocycles. The lowest BCUT2D eigenvalue weighted by atomic mass is 10.8. The van der Waals surface area contributed by atoms with E-state index in [-0.39, 0.29) is 13.2 Å². The van der Waals surface area contributed by atoms with Crippen molar-refractivity contribution in [3.8, 4) is 0 Å². The molecule has 0 aromatic carbocycles. The fraction of sp³-hybridized carbons (Fsp3) is 1.00. The zero-order valence-corrected chi connectivity index (χ0v) is 8.55. The molecule has 0 N–H and O–H groups in total. The van der Waals surface area contributed by atoms with Crippen LogP contribution in [0.4, 0.5) is 0 Å². The van der Waals surface area contributed by atoms with E-state index in [0.29, 0.717) is 0 Å². The second kappa shape index (κ2) is 7.68. The van der Waals surface area contributed by atoms with Crippen molar-refractivity contribution >= 4 is 16.5 Å². The molecule has 0 spiro atoms. The predicted molar refractivity (Wildman–Crippen MR) is 41.1 cm³/mol. The largest absolute Gasteiger partial charge is 0.697 e. The minimum atomic E-state index is -2.08. The molecule has 8 heteroatoms. The van der Waals surface area contributed by atoms with Gasteiger partial charge < -0.3 is 0 Å². The van der Waals surface area contributed by atoms with Gasteiger partial charge in [0.15, 0.2) is 0 Å². The van der Waals surface area contributed by atoms with Crippen LogP contribution >= 0.6 is 16.5 Å². The molecule has 0 radical (unpaired) electrons. The van der Waals surface area contributed by atoms with Gasteiger partial charge in [-0.25, -0.2) is 0 Å². The summed E-state index contributed by atoms with van der Waals surface area (Å²) in [7, 11) is -1.64. The lowest BCUT2D eigenvalue weighted by molar-refractivity contribution is 0.184. The third-order valence-corrected chi connectivity index (χ3v) is 2.16. The van der Waals surface area contributed by atoms with Crippen LogP contribution in [0.1, 0.15) is 0 Å². The molecule has 2 atom stereocenters. The highest BCUT2D eigenvalue weighted by Gasteiger charge is 2.20. The maximum atomic E-state index is 10.5. The van der Waals surface area contributed by atoms with E-state index in [1.54, 1.807) is 0 Å². The maximum Gasteiger partial charge on any atom is 0.697 e. The van der Waals surface area contributed by atoms with Crippen LogP contribution in [0.3, 0.4) is 0 Å². The lowest BCUT2D eigenvalue weighted by Gasteiger charge is -1.84. The van der Waals surface area contributed by atoms with Gasteiger partial charge in [0.1, 0.15) is 13.2 Å². The Kier molecular flexibility index (Phi) is 7.70. The normalized spacial score (nSPS) is 12.8. The van der Waals surface area contributed by atoms with E-state index in [2.05, 4.69) is 18.1 Å². The van der Waals surface area contributed by atoms with E-state index in [1.165, 1.54) is 14.2 Å². The standard InChI is InChI=1S/C4H10O6P2/c1-7-11(5)9-3-4-10-12(6)8-2/h3-4H2,1-2H3/q+2. The highest BCUT2D eigenvalue weighted by Crippen LogP contribution is 2.24. The van der Waals surface area contributed by atoms with Crippen molar-refractivity contribution in [3.63, 3.8) is 0 Å². The molecule has 0 saturated heterocycles. The van der Waals surface area contributed by atoms with Crippen LogP contribution < -0.4 is 0 Å². The summed E-state index contributed by atoms with van der Waals surface area (Å²) in [4.78, 5) is 0. The molecule has 0 aliphatic carbocycles. The van der Waals surface area contributed by atoms with Crippen LogP contribution in [0.2, 0.25) is 0 Å². The molecule has 0 aliphatic rings. The van der Waals surface area contributed by atoms with E-state index in [1.807, 2.05) is 0 Å². The van der Waals surface area contributed by atoms with Crippen LogP contribution in [0.5, 0.6) is 0 Å². The van der Waals surface area contributed by atoms with Crippen molar-refractivity contribution in [2.75, 3.05) is 27.4 Å². The molecule has 0 bridgehead atoms. The minimum absolute atomic E-state index is 0.0491. The first-order valence-corrected chi connectivity index (χ1v) is 5.18. The van der Waals surface area contributed by atoms with Gasteiger partial charge in [-0.1, -0.05) is 0 Å². The first kappa shape index (κ1) is 12.0. The summed E-state index contributed by atoms with van der Waals surface area (Å²) in [5.74, 6) is 0. The average molecular weight is 216 g/mol. The van der Waals surface area contributed by atoms with E-state index in [9.17, 15) is 9.13 Å². The fourth-order valence-electron chi connectivity index (χ4n) is 0.329. The quantitative estimate of drug-likeness (QED) is 0.475. The Bertz CT molecular complexity index is 142. The van der Waals surface area contributed by atoms with E-state index in [0.717, 1.165) is 0 Å². The molecular weight excluding hydrogens is 206 g/mol. The highest BCUT2D eigenvalue weighted by molar-refractivity contribution is 7.33. The second-order valence-corrected chi connectivity index (χ2v) is 3.62. The third-order valence-electron chi connectivity index (χ3n) is 0.775. The SMILES string of the molecule is CO[P+](=O)OCCO[P+](=O)OC. The van der Waals surface area contributed by atoms with Gasteiger partial charge in [0.2, 0.25) is 0 Å². The van der Waals surface area contributed by atoms with Gasteiger partial charge in [-0.2, -0.15) is 0 Å². The van der Waals surface area contributed by atoms with E-state index >= 15 is 0 Å². The molecular formula is C4H10O6P2+2. The molecule has 0 aromatic rings. The van der Waals surface area contributed by atoms with Crippen molar-refractivity contribution in [2.45, 2.75) is 0 Å². The summed E-state index contributed by atoms with van der Waals surface area (Å²) in [6.07, 6.45) is 0. The van der Waals surface area contributed by atoms with E-state index in [4.69, 9.17) is 0 Å². The van der Waals surface area contributed by atoms with Crippen molar-refractivity contribution in [1.29, 1.82) is 0 Å². The Balaban J connectivity index is 3.21. The molecule has 2 unspecified atom stereocenters. The summed E-state index contributed by atoms with van der Waals surface area (Å²) in [5, 5.41) is 0. The molecule has 6 nitrogen and oxygen atoms in total. The number of hydrogen-bond acceptors (Lipinski definition) is 6. The Morgan fingerprint density at radius 2 is 1.25 bits per heavy atom. The van der Waals surface area contributed by atoms with Crippen LogP contribution in [-0.2, 0) is 27.2 Å². The van der Waals surface area contributed by atoms with Gasteiger partial charge in [0, 0.05) is 9.13 Å². The van der Waals surface area contributed by atoms with Crippen LogP contribution in [-0.4, -0.2) is 27.4 Å². The summed E-state index contributed by atoms with van der Waals surface area (Å²) in [6, 6.07) is 0. The van der Waals surface area contributed by atoms with Crippen LogP contribution in [0.25, 0.3) is 0 Å². The molecule has 0 heterocycles. The lowest BCUT2D eigenvalue weighted by Crippen LogP contribution is -1.96. The van der Waals surface area contributed by atoms with Gasteiger partial charge in [-0.15, -0.1) is 18.1 Å². The van der Waals surface area contributed by atoms with Crippen molar-refractivity contribution in [3.05, 3.63) is 0 Å². The van der Waals surface area contributed by atoms with Crippen LogP contribution in [0.15, 0.2) is 0 Å². The molecule has 0 aromatic heterocycles. The van der Waals surface area contributed by atoms with Crippen LogP contribution in [0, 0.1) is 0 Å². The zero-order valence-electron chi connectivity index (χ0n) is 6.76. The number of hydrogen-bond donors (Lipinski definition) is 0. The highest BCUT2D eigenvalue weighted by atomic mass is 31.1. The van der Waals surface area contributed by atoms with E-state index < -0.39 is 16.5 Å². The molecule has 0 aliphatic heterocycles. The van der Waals surface area contributed by atoms with Gasteiger partial charge in [0.05, 0.1) is 14.2 Å². The van der Waals surface area contributed by atoms with Gasteiger partial charge in [-0.3, -0.25) is 0 Å². The Morgan fingerprint density at radius 1 is 0.917 bits per heavy atom. The predicted octanol–water partition coefficient (Wildman–Crippen LogP) is 1.63. The molecule has 0 amide bonds. The summed E-state index contributed by atoms with van der Waals surface area (Å²) in [6.45, 7) is 0.0982.